The lowest BCUT2D eigenvalue weighted by Gasteiger charge is -2.43. The summed E-state index contributed by atoms with van der Waals surface area (Å²) in [6.07, 6.45) is 8.33. The van der Waals surface area contributed by atoms with Gasteiger partial charge in [0.2, 0.25) is 5.91 Å². The van der Waals surface area contributed by atoms with E-state index in [4.69, 9.17) is 0 Å². The summed E-state index contributed by atoms with van der Waals surface area (Å²) in [6.45, 7) is 2.65. The van der Waals surface area contributed by atoms with Gasteiger partial charge in [-0.25, -0.2) is 4.68 Å². The molecule has 1 aromatic rings. The van der Waals surface area contributed by atoms with Gasteiger partial charge in [0.05, 0.1) is 6.04 Å². The van der Waals surface area contributed by atoms with Crippen LogP contribution in [-0.2, 0) is 11.8 Å². The van der Waals surface area contributed by atoms with Gasteiger partial charge in [0, 0.05) is 26.1 Å². The van der Waals surface area contributed by atoms with Crippen LogP contribution in [0.1, 0.15) is 56.7 Å². The zero-order chi connectivity index (χ0) is 16.5. The summed E-state index contributed by atoms with van der Waals surface area (Å²) < 4.78 is 1.76. The van der Waals surface area contributed by atoms with E-state index >= 15 is 0 Å². The molecule has 4 rings (SSSR count). The maximum Gasteiger partial charge on any atom is 0.240 e. The molecule has 1 aromatic heterocycles. The van der Waals surface area contributed by atoms with Crippen LogP contribution >= 0.6 is 0 Å². The molecule has 3 atom stereocenters. The smallest absolute Gasteiger partial charge is 0.240 e. The van der Waals surface area contributed by atoms with E-state index in [1.807, 2.05) is 7.05 Å². The number of hydrogen-bond acceptors (Lipinski definition) is 5. The molecular weight excluding hydrogens is 304 g/mol. The van der Waals surface area contributed by atoms with Crippen LogP contribution in [0, 0.1) is 11.8 Å². The van der Waals surface area contributed by atoms with Crippen molar-refractivity contribution < 1.29 is 4.79 Å². The van der Waals surface area contributed by atoms with E-state index in [1.54, 1.807) is 4.68 Å². The number of fused-ring (bicyclic) bond motifs is 1. The molecule has 2 aliphatic heterocycles. The number of nitrogens with zero attached hydrogens (tertiary/aromatic N) is 5. The molecular formula is C17H28N6O. The maximum absolute atomic E-state index is 13.1. The summed E-state index contributed by atoms with van der Waals surface area (Å²) in [5.41, 5.74) is 0. The highest BCUT2D eigenvalue weighted by molar-refractivity contribution is 5.82. The van der Waals surface area contributed by atoms with Crippen LogP contribution in [0.3, 0.4) is 0 Å². The van der Waals surface area contributed by atoms with Crippen molar-refractivity contribution in [3.05, 3.63) is 5.82 Å². The highest BCUT2D eigenvalue weighted by atomic mass is 16.2. The first-order chi connectivity index (χ1) is 11.7. The molecule has 3 fully saturated rings. The zero-order valence-corrected chi connectivity index (χ0v) is 14.5. The van der Waals surface area contributed by atoms with Gasteiger partial charge in [-0.2, -0.15) is 0 Å². The highest BCUT2D eigenvalue weighted by Gasteiger charge is 2.40. The van der Waals surface area contributed by atoms with Gasteiger partial charge in [0.15, 0.2) is 5.82 Å². The third-order valence-corrected chi connectivity index (χ3v) is 6.37. The number of hydrogen-bond donors (Lipinski definition) is 1. The van der Waals surface area contributed by atoms with Crippen molar-refractivity contribution in [3.8, 4) is 0 Å². The Labute approximate surface area is 143 Å². The summed E-state index contributed by atoms with van der Waals surface area (Å²) in [5, 5.41) is 15.3. The Balaban J connectivity index is 1.38. The van der Waals surface area contributed by atoms with E-state index in [0.717, 1.165) is 44.2 Å². The van der Waals surface area contributed by atoms with Crippen molar-refractivity contribution in [1.29, 1.82) is 0 Å². The molecule has 2 saturated heterocycles. The van der Waals surface area contributed by atoms with Gasteiger partial charge in [-0.1, -0.05) is 19.3 Å². The molecule has 0 radical (unpaired) electrons. The van der Waals surface area contributed by atoms with Crippen LogP contribution in [-0.4, -0.2) is 56.7 Å². The van der Waals surface area contributed by atoms with Crippen LogP contribution in [0.15, 0.2) is 0 Å². The number of amides is 1. The van der Waals surface area contributed by atoms with Crippen molar-refractivity contribution in [1.82, 2.24) is 30.4 Å². The van der Waals surface area contributed by atoms with Crippen LogP contribution < -0.4 is 5.32 Å². The first-order valence-electron chi connectivity index (χ1n) is 9.48. The molecule has 3 unspecified atom stereocenters. The molecule has 0 aromatic carbocycles. The molecule has 24 heavy (non-hydrogen) atoms. The lowest BCUT2D eigenvalue weighted by atomic mass is 9.71. The summed E-state index contributed by atoms with van der Waals surface area (Å²) in [7, 11) is 1.89. The third-order valence-electron chi connectivity index (χ3n) is 6.37. The van der Waals surface area contributed by atoms with E-state index in [-0.39, 0.29) is 6.04 Å². The standard InChI is InChI=1S/C17H28N6O/c1-22-16(19-20-21-22)13-7-10-23(11-8-13)17(24)15-14-5-3-2-4-12(14)6-9-18-15/h12-15,18H,2-11H2,1H3. The Morgan fingerprint density at radius 2 is 1.92 bits per heavy atom. The SMILES string of the molecule is Cn1nnnc1C1CCN(C(=O)C2NCCC3CCCCC32)CC1. The normalized spacial score (nSPS) is 31.7. The predicted molar refractivity (Wildman–Crippen MR) is 89.2 cm³/mol. The largest absolute Gasteiger partial charge is 0.341 e. The molecule has 0 spiro atoms. The Bertz CT molecular complexity index is 577. The Kier molecular flexibility index (Phi) is 4.52. The molecule has 1 amide bonds. The molecule has 3 heterocycles. The summed E-state index contributed by atoms with van der Waals surface area (Å²) in [4.78, 5) is 15.2. The lowest BCUT2D eigenvalue weighted by molar-refractivity contribution is -0.138. The second kappa shape index (κ2) is 6.78. The topological polar surface area (TPSA) is 75.9 Å². The van der Waals surface area contributed by atoms with Crippen LogP contribution in [0.2, 0.25) is 0 Å². The molecule has 0 bridgehead atoms. The molecule has 1 saturated carbocycles. The number of aromatic nitrogens is 4. The van der Waals surface area contributed by atoms with Gasteiger partial charge in [0.1, 0.15) is 0 Å². The van der Waals surface area contributed by atoms with E-state index < -0.39 is 0 Å². The van der Waals surface area contributed by atoms with Crippen molar-refractivity contribution in [3.63, 3.8) is 0 Å². The number of aryl methyl sites for hydroxylation is 1. The van der Waals surface area contributed by atoms with Gasteiger partial charge >= 0.3 is 0 Å². The van der Waals surface area contributed by atoms with Gasteiger partial charge in [-0.05, 0) is 54.5 Å². The number of carbonyl (C=O) groups is 1. The predicted octanol–water partition coefficient (Wildman–Crippen LogP) is 1.08. The quantitative estimate of drug-likeness (QED) is 0.877. The molecule has 1 aliphatic carbocycles. The van der Waals surface area contributed by atoms with Gasteiger partial charge in [0.25, 0.3) is 0 Å². The number of tetrazole rings is 1. The molecule has 7 nitrogen and oxygen atoms in total. The number of carbonyl (C=O) groups excluding carboxylic acids is 1. The molecule has 1 N–H and O–H groups in total. The second-order valence-electron chi connectivity index (χ2n) is 7.69. The first-order valence-corrected chi connectivity index (χ1v) is 9.48. The van der Waals surface area contributed by atoms with E-state index in [1.165, 1.54) is 32.1 Å². The summed E-state index contributed by atoms with van der Waals surface area (Å²) in [5.74, 6) is 2.97. The highest BCUT2D eigenvalue weighted by Crippen LogP contribution is 2.37. The van der Waals surface area contributed by atoms with Gasteiger partial charge < -0.3 is 10.2 Å². The zero-order valence-electron chi connectivity index (χ0n) is 14.5. The number of likely N-dealkylation sites (tertiary alicyclic amines) is 1. The van der Waals surface area contributed by atoms with Crippen molar-refractivity contribution >= 4 is 5.91 Å². The average molecular weight is 332 g/mol. The number of rotatable bonds is 2. The van der Waals surface area contributed by atoms with E-state index in [2.05, 4.69) is 25.7 Å². The Morgan fingerprint density at radius 1 is 1.12 bits per heavy atom. The second-order valence-corrected chi connectivity index (χ2v) is 7.69. The number of piperidine rings is 2. The molecule has 132 valence electrons. The minimum absolute atomic E-state index is 0.0529. The van der Waals surface area contributed by atoms with Crippen LogP contribution in [0.4, 0.5) is 0 Å². The van der Waals surface area contributed by atoms with Crippen LogP contribution in [0.25, 0.3) is 0 Å². The fourth-order valence-electron chi connectivity index (χ4n) is 5.02. The fraction of sp³-hybridized carbons (Fsp3) is 0.882. The Hall–Kier alpha value is -1.50. The molecule has 3 aliphatic rings. The van der Waals surface area contributed by atoms with Crippen molar-refractivity contribution in [2.45, 2.75) is 56.9 Å². The van der Waals surface area contributed by atoms with Gasteiger partial charge in [-0.15, -0.1) is 5.10 Å². The third kappa shape index (κ3) is 2.94. The maximum atomic E-state index is 13.1. The van der Waals surface area contributed by atoms with E-state index in [9.17, 15) is 4.79 Å². The number of nitrogens with one attached hydrogen (secondary N) is 1. The minimum atomic E-state index is 0.0529. The van der Waals surface area contributed by atoms with Crippen molar-refractivity contribution in [2.75, 3.05) is 19.6 Å². The average Bonchev–Trinajstić information content (AvgIpc) is 3.07. The fourth-order valence-corrected chi connectivity index (χ4v) is 5.02. The summed E-state index contributed by atoms with van der Waals surface area (Å²) >= 11 is 0. The minimum Gasteiger partial charge on any atom is -0.341 e. The Morgan fingerprint density at radius 3 is 2.67 bits per heavy atom. The van der Waals surface area contributed by atoms with Gasteiger partial charge in [-0.3, -0.25) is 4.79 Å². The van der Waals surface area contributed by atoms with E-state index in [0.29, 0.717) is 17.7 Å². The summed E-state index contributed by atoms with van der Waals surface area (Å²) in [6, 6.07) is 0.0529. The van der Waals surface area contributed by atoms with Crippen LogP contribution in [0.5, 0.6) is 0 Å². The lowest BCUT2D eigenvalue weighted by Crippen LogP contribution is -2.57. The first kappa shape index (κ1) is 16.0. The molecule has 7 heteroatoms. The van der Waals surface area contributed by atoms with Crippen molar-refractivity contribution in [2.24, 2.45) is 18.9 Å². The monoisotopic (exact) mass is 332 g/mol.